The van der Waals surface area contributed by atoms with Crippen molar-refractivity contribution in [2.45, 2.75) is 37.6 Å². The SMILES string of the molecule is CN=C(NCc1ccc(OCC2CC2)nc1)NCC1(c2ccccc2)CC1.I. The van der Waals surface area contributed by atoms with Gasteiger partial charge in [0.25, 0.3) is 0 Å². The molecule has 0 bridgehead atoms. The van der Waals surface area contributed by atoms with Crippen molar-refractivity contribution in [3.8, 4) is 5.88 Å². The summed E-state index contributed by atoms with van der Waals surface area (Å²) >= 11 is 0. The van der Waals surface area contributed by atoms with E-state index in [2.05, 4.69) is 57.0 Å². The molecule has 0 saturated heterocycles. The normalized spacial score (nSPS) is 17.4. The van der Waals surface area contributed by atoms with Gasteiger partial charge in [-0.1, -0.05) is 36.4 Å². The van der Waals surface area contributed by atoms with Crippen molar-refractivity contribution < 1.29 is 4.74 Å². The summed E-state index contributed by atoms with van der Waals surface area (Å²) in [7, 11) is 1.81. The third kappa shape index (κ3) is 5.59. The molecule has 2 saturated carbocycles. The second-order valence-corrected chi connectivity index (χ2v) is 7.68. The van der Waals surface area contributed by atoms with Crippen molar-refractivity contribution in [1.29, 1.82) is 0 Å². The van der Waals surface area contributed by atoms with E-state index in [0.717, 1.165) is 30.6 Å². The minimum Gasteiger partial charge on any atom is -0.477 e. The maximum absolute atomic E-state index is 5.69. The fourth-order valence-electron chi connectivity index (χ4n) is 3.26. The van der Waals surface area contributed by atoms with E-state index in [1.807, 2.05) is 19.3 Å². The molecule has 2 N–H and O–H groups in total. The zero-order chi connectivity index (χ0) is 18.5. The van der Waals surface area contributed by atoms with Gasteiger partial charge in [0, 0.05) is 37.8 Å². The fourth-order valence-corrected chi connectivity index (χ4v) is 3.26. The minimum atomic E-state index is 0. The summed E-state index contributed by atoms with van der Waals surface area (Å²) in [4.78, 5) is 8.74. The molecule has 4 rings (SSSR count). The van der Waals surface area contributed by atoms with Crippen LogP contribution < -0.4 is 15.4 Å². The molecule has 2 aromatic rings. The topological polar surface area (TPSA) is 58.5 Å². The summed E-state index contributed by atoms with van der Waals surface area (Å²) < 4.78 is 5.69. The number of pyridine rings is 1. The summed E-state index contributed by atoms with van der Waals surface area (Å²) in [6, 6.07) is 14.8. The number of aromatic nitrogens is 1. The van der Waals surface area contributed by atoms with Crippen LogP contribution in [0.4, 0.5) is 0 Å². The second kappa shape index (κ2) is 9.58. The van der Waals surface area contributed by atoms with Crippen molar-refractivity contribution in [3.05, 3.63) is 59.8 Å². The predicted molar refractivity (Wildman–Crippen MR) is 123 cm³/mol. The summed E-state index contributed by atoms with van der Waals surface area (Å²) in [5.41, 5.74) is 2.79. The van der Waals surface area contributed by atoms with Gasteiger partial charge in [-0.3, -0.25) is 4.99 Å². The van der Waals surface area contributed by atoms with Gasteiger partial charge in [-0.2, -0.15) is 0 Å². The number of hydrogen-bond acceptors (Lipinski definition) is 3. The zero-order valence-corrected chi connectivity index (χ0v) is 18.7. The van der Waals surface area contributed by atoms with Crippen molar-refractivity contribution in [2.24, 2.45) is 10.9 Å². The predicted octanol–water partition coefficient (Wildman–Crippen LogP) is 3.89. The monoisotopic (exact) mass is 492 g/mol. The number of aliphatic imine (C=N–C) groups is 1. The molecule has 0 unspecified atom stereocenters. The van der Waals surface area contributed by atoms with E-state index in [1.54, 1.807) is 0 Å². The molecule has 0 amide bonds. The summed E-state index contributed by atoms with van der Waals surface area (Å²) in [6.07, 6.45) is 6.91. The van der Waals surface area contributed by atoms with Crippen LogP contribution in [0.2, 0.25) is 0 Å². The van der Waals surface area contributed by atoms with Crippen LogP contribution >= 0.6 is 24.0 Å². The Bertz CT molecular complexity index is 771. The molecule has 1 heterocycles. The Labute approximate surface area is 184 Å². The lowest BCUT2D eigenvalue weighted by molar-refractivity contribution is 0.288. The molecule has 28 heavy (non-hydrogen) atoms. The van der Waals surface area contributed by atoms with Crippen molar-refractivity contribution in [2.75, 3.05) is 20.2 Å². The van der Waals surface area contributed by atoms with E-state index < -0.39 is 0 Å². The molecule has 2 aliphatic carbocycles. The van der Waals surface area contributed by atoms with Crippen LogP contribution in [0.5, 0.6) is 5.88 Å². The number of benzene rings is 1. The molecule has 2 fully saturated rings. The first kappa shape index (κ1) is 20.9. The molecular weight excluding hydrogens is 463 g/mol. The average Bonchev–Trinajstić information content (AvgIpc) is 3.64. The van der Waals surface area contributed by atoms with Crippen molar-refractivity contribution >= 4 is 29.9 Å². The number of nitrogens with zero attached hydrogens (tertiary/aromatic N) is 2. The van der Waals surface area contributed by atoms with E-state index >= 15 is 0 Å². The molecular formula is C22H29IN4O. The first-order valence-corrected chi connectivity index (χ1v) is 9.85. The van der Waals surface area contributed by atoms with Gasteiger partial charge in [-0.25, -0.2) is 4.98 Å². The minimum absolute atomic E-state index is 0. The highest BCUT2D eigenvalue weighted by Crippen LogP contribution is 2.47. The lowest BCUT2D eigenvalue weighted by Crippen LogP contribution is -2.40. The van der Waals surface area contributed by atoms with E-state index in [9.17, 15) is 0 Å². The quantitative estimate of drug-likeness (QED) is 0.334. The molecule has 0 spiro atoms. The van der Waals surface area contributed by atoms with Crippen LogP contribution in [0, 0.1) is 5.92 Å². The molecule has 5 nitrogen and oxygen atoms in total. The molecule has 2 aliphatic rings. The van der Waals surface area contributed by atoms with E-state index in [4.69, 9.17) is 4.74 Å². The van der Waals surface area contributed by atoms with Gasteiger partial charge in [-0.05, 0) is 42.7 Å². The number of rotatable bonds is 8. The first-order chi connectivity index (χ1) is 13.3. The number of nitrogens with one attached hydrogen (secondary N) is 2. The molecule has 1 aromatic carbocycles. The molecule has 0 atom stereocenters. The maximum Gasteiger partial charge on any atom is 0.213 e. The van der Waals surface area contributed by atoms with Crippen LogP contribution in [-0.4, -0.2) is 31.1 Å². The van der Waals surface area contributed by atoms with Gasteiger partial charge in [0.1, 0.15) is 0 Å². The molecule has 6 heteroatoms. The van der Waals surface area contributed by atoms with E-state index in [-0.39, 0.29) is 29.4 Å². The Morgan fingerprint density at radius 3 is 2.54 bits per heavy atom. The number of ether oxygens (including phenoxy) is 1. The number of hydrogen-bond donors (Lipinski definition) is 2. The second-order valence-electron chi connectivity index (χ2n) is 7.68. The van der Waals surface area contributed by atoms with Crippen LogP contribution in [0.25, 0.3) is 0 Å². The fraction of sp³-hybridized carbons (Fsp3) is 0.455. The van der Waals surface area contributed by atoms with Crippen LogP contribution in [0.3, 0.4) is 0 Å². The Hall–Kier alpha value is -1.83. The maximum atomic E-state index is 5.69. The van der Waals surface area contributed by atoms with Gasteiger partial charge >= 0.3 is 0 Å². The zero-order valence-electron chi connectivity index (χ0n) is 16.4. The Morgan fingerprint density at radius 1 is 1.14 bits per heavy atom. The summed E-state index contributed by atoms with van der Waals surface area (Å²) in [5, 5.41) is 6.86. The van der Waals surface area contributed by atoms with Gasteiger partial charge in [0.15, 0.2) is 5.96 Å². The Morgan fingerprint density at radius 2 is 1.93 bits per heavy atom. The molecule has 0 radical (unpaired) electrons. The highest BCUT2D eigenvalue weighted by Gasteiger charge is 2.43. The average molecular weight is 492 g/mol. The summed E-state index contributed by atoms with van der Waals surface area (Å²) in [5.74, 6) is 2.28. The van der Waals surface area contributed by atoms with Crippen LogP contribution in [0.15, 0.2) is 53.7 Å². The van der Waals surface area contributed by atoms with Gasteiger partial charge in [-0.15, -0.1) is 24.0 Å². The Balaban J connectivity index is 0.00000225. The van der Waals surface area contributed by atoms with Gasteiger partial charge < -0.3 is 15.4 Å². The summed E-state index contributed by atoms with van der Waals surface area (Å²) in [6.45, 7) is 2.39. The van der Waals surface area contributed by atoms with Crippen molar-refractivity contribution in [1.82, 2.24) is 15.6 Å². The lowest BCUT2D eigenvalue weighted by atomic mass is 9.96. The van der Waals surface area contributed by atoms with Crippen molar-refractivity contribution in [3.63, 3.8) is 0 Å². The third-order valence-corrected chi connectivity index (χ3v) is 5.48. The molecule has 150 valence electrons. The molecule has 0 aliphatic heterocycles. The lowest BCUT2D eigenvalue weighted by Gasteiger charge is -2.19. The van der Waals surface area contributed by atoms with Gasteiger partial charge in [0.2, 0.25) is 5.88 Å². The number of guanidine groups is 1. The standard InChI is InChI=1S/C22H28N4O.HI/c1-23-21(26-16-22(11-12-22)19-5-3-2-4-6-19)25-14-18-9-10-20(24-13-18)27-15-17-7-8-17;/h2-6,9-10,13,17H,7-8,11-12,14-16H2,1H3,(H2,23,25,26);1H. The van der Waals surface area contributed by atoms with Crippen LogP contribution in [-0.2, 0) is 12.0 Å². The largest absolute Gasteiger partial charge is 0.477 e. The first-order valence-electron chi connectivity index (χ1n) is 9.85. The molecule has 1 aromatic heterocycles. The Kier molecular flexibility index (Phi) is 7.15. The van der Waals surface area contributed by atoms with E-state index in [1.165, 1.54) is 31.2 Å². The van der Waals surface area contributed by atoms with E-state index in [0.29, 0.717) is 12.4 Å². The smallest absolute Gasteiger partial charge is 0.213 e. The van der Waals surface area contributed by atoms with Crippen LogP contribution in [0.1, 0.15) is 36.8 Å². The van der Waals surface area contributed by atoms with Gasteiger partial charge in [0.05, 0.1) is 6.61 Å². The third-order valence-electron chi connectivity index (χ3n) is 5.48. The highest BCUT2D eigenvalue weighted by molar-refractivity contribution is 14.0. The number of halogens is 1. The highest BCUT2D eigenvalue weighted by atomic mass is 127.